The van der Waals surface area contributed by atoms with Crippen molar-refractivity contribution in [3.8, 4) is 5.75 Å². The molecule has 0 aliphatic rings. The van der Waals surface area contributed by atoms with Crippen molar-refractivity contribution in [2.75, 3.05) is 10.6 Å². The smallest absolute Gasteiger partial charge is 0.257 e. The largest absolute Gasteiger partial charge is 0.489 e. The molecule has 0 unspecified atom stereocenters. The number of hydrogen-bond donors (Lipinski definition) is 2. The quantitative estimate of drug-likeness (QED) is 0.599. The van der Waals surface area contributed by atoms with E-state index >= 15 is 0 Å². The summed E-state index contributed by atoms with van der Waals surface area (Å²) in [6.07, 6.45) is 3.27. The van der Waals surface area contributed by atoms with Crippen LogP contribution in [0.5, 0.6) is 5.75 Å². The standard InChI is InChI=1S/C23H25N3O2/c1-15(2)28-22-11-6-5-9-21(22)26-23(27)18-12-19(14-24-13-18)25-20-10-7-8-16(3)17(20)4/h5-15,25H,1-4H3,(H,26,27). The van der Waals surface area contributed by atoms with Gasteiger partial charge in [0, 0.05) is 11.9 Å². The zero-order valence-electron chi connectivity index (χ0n) is 16.6. The van der Waals surface area contributed by atoms with Crippen molar-refractivity contribution in [1.82, 2.24) is 4.98 Å². The maximum Gasteiger partial charge on any atom is 0.257 e. The fourth-order valence-corrected chi connectivity index (χ4v) is 2.80. The lowest BCUT2D eigenvalue weighted by Gasteiger charge is -2.15. The van der Waals surface area contributed by atoms with Gasteiger partial charge in [0.15, 0.2) is 0 Å². The van der Waals surface area contributed by atoms with E-state index in [1.54, 1.807) is 18.5 Å². The van der Waals surface area contributed by atoms with Crippen LogP contribution in [0.3, 0.4) is 0 Å². The van der Waals surface area contributed by atoms with Gasteiger partial charge in [-0.1, -0.05) is 24.3 Å². The van der Waals surface area contributed by atoms with E-state index in [4.69, 9.17) is 4.74 Å². The van der Waals surface area contributed by atoms with Crippen LogP contribution in [0.25, 0.3) is 0 Å². The second kappa shape index (κ2) is 8.57. The number of para-hydroxylation sites is 2. The van der Waals surface area contributed by atoms with Gasteiger partial charge in [0.1, 0.15) is 5.75 Å². The Morgan fingerprint density at radius 3 is 2.54 bits per heavy atom. The number of amides is 1. The first-order valence-electron chi connectivity index (χ1n) is 9.29. The molecule has 28 heavy (non-hydrogen) atoms. The molecule has 0 saturated heterocycles. The Kier molecular flexibility index (Phi) is 5.94. The highest BCUT2D eigenvalue weighted by molar-refractivity contribution is 6.05. The van der Waals surface area contributed by atoms with E-state index in [0.29, 0.717) is 17.0 Å². The number of hydrogen-bond acceptors (Lipinski definition) is 4. The van der Waals surface area contributed by atoms with Crippen molar-refractivity contribution in [2.24, 2.45) is 0 Å². The third-order valence-electron chi connectivity index (χ3n) is 4.38. The maximum atomic E-state index is 12.7. The summed E-state index contributed by atoms with van der Waals surface area (Å²) >= 11 is 0. The number of ether oxygens (including phenoxy) is 1. The first-order valence-corrected chi connectivity index (χ1v) is 9.29. The van der Waals surface area contributed by atoms with Gasteiger partial charge < -0.3 is 15.4 Å². The summed E-state index contributed by atoms with van der Waals surface area (Å²) in [5.41, 5.74) is 5.22. The van der Waals surface area contributed by atoms with Gasteiger partial charge >= 0.3 is 0 Å². The normalized spacial score (nSPS) is 10.6. The molecule has 0 fully saturated rings. The van der Waals surface area contributed by atoms with E-state index in [9.17, 15) is 4.79 Å². The predicted molar refractivity (Wildman–Crippen MR) is 114 cm³/mol. The van der Waals surface area contributed by atoms with E-state index in [1.807, 2.05) is 50.2 Å². The molecule has 5 heteroatoms. The fraction of sp³-hybridized carbons (Fsp3) is 0.217. The highest BCUT2D eigenvalue weighted by Crippen LogP contribution is 2.26. The Morgan fingerprint density at radius 2 is 1.75 bits per heavy atom. The van der Waals surface area contributed by atoms with E-state index in [2.05, 4.69) is 35.5 Å². The van der Waals surface area contributed by atoms with Crippen LogP contribution in [0.15, 0.2) is 60.9 Å². The van der Waals surface area contributed by atoms with Crippen molar-refractivity contribution < 1.29 is 9.53 Å². The molecular weight excluding hydrogens is 350 g/mol. The van der Waals surface area contributed by atoms with Crippen LogP contribution in [-0.4, -0.2) is 17.0 Å². The van der Waals surface area contributed by atoms with Gasteiger partial charge in [0.2, 0.25) is 0 Å². The number of aryl methyl sites for hydroxylation is 1. The summed E-state index contributed by atoms with van der Waals surface area (Å²) in [4.78, 5) is 17.0. The highest BCUT2D eigenvalue weighted by atomic mass is 16.5. The Balaban J connectivity index is 1.79. The summed E-state index contributed by atoms with van der Waals surface area (Å²) in [6.45, 7) is 8.03. The van der Waals surface area contributed by atoms with E-state index in [-0.39, 0.29) is 12.0 Å². The molecule has 1 amide bonds. The van der Waals surface area contributed by atoms with Crippen LogP contribution in [0, 0.1) is 13.8 Å². The number of benzene rings is 2. The number of carbonyl (C=O) groups excluding carboxylic acids is 1. The SMILES string of the molecule is Cc1cccc(Nc2cncc(C(=O)Nc3ccccc3OC(C)C)c2)c1C. The van der Waals surface area contributed by atoms with Gasteiger partial charge in [-0.3, -0.25) is 9.78 Å². The molecule has 5 nitrogen and oxygen atoms in total. The van der Waals surface area contributed by atoms with E-state index in [0.717, 1.165) is 16.9 Å². The zero-order chi connectivity index (χ0) is 20.1. The first kappa shape index (κ1) is 19.4. The van der Waals surface area contributed by atoms with Crippen LogP contribution in [0.4, 0.5) is 17.1 Å². The minimum absolute atomic E-state index is 0.0183. The molecule has 0 aliphatic heterocycles. The van der Waals surface area contributed by atoms with Gasteiger partial charge in [-0.2, -0.15) is 0 Å². The maximum absolute atomic E-state index is 12.7. The fourth-order valence-electron chi connectivity index (χ4n) is 2.80. The second-order valence-corrected chi connectivity index (χ2v) is 6.95. The summed E-state index contributed by atoms with van der Waals surface area (Å²) in [7, 11) is 0. The van der Waals surface area contributed by atoms with Gasteiger partial charge in [-0.15, -0.1) is 0 Å². The van der Waals surface area contributed by atoms with Gasteiger partial charge in [0.05, 0.1) is 29.2 Å². The zero-order valence-corrected chi connectivity index (χ0v) is 16.6. The lowest BCUT2D eigenvalue weighted by molar-refractivity contribution is 0.102. The van der Waals surface area contributed by atoms with E-state index < -0.39 is 0 Å². The Bertz CT molecular complexity index is 983. The number of carbonyl (C=O) groups is 1. The van der Waals surface area contributed by atoms with Crippen molar-refractivity contribution in [3.05, 3.63) is 77.6 Å². The third-order valence-corrected chi connectivity index (χ3v) is 4.38. The Morgan fingerprint density at radius 1 is 1.00 bits per heavy atom. The molecule has 0 bridgehead atoms. The number of anilines is 3. The molecule has 0 atom stereocenters. The number of pyridine rings is 1. The molecule has 2 aromatic carbocycles. The van der Waals surface area contributed by atoms with Gasteiger partial charge in [-0.05, 0) is 63.1 Å². The second-order valence-electron chi connectivity index (χ2n) is 6.95. The van der Waals surface area contributed by atoms with Gasteiger partial charge in [-0.25, -0.2) is 0 Å². The molecule has 1 aromatic heterocycles. The van der Waals surface area contributed by atoms with Crippen LogP contribution in [-0.2, 0) is 0 Å². The van der Waals surface area contributed by atoms with Crippen molar-refractivity contribution in [2.45, 2.75) is 33.8 Å². The van der Waals surface area contributed by atoms with Crippen LogP contribution < -0.4 is 15.4 Å². The molecule has 0 saturated carbocycles. The highest BCUT2D eigenvalue weighted by Gasteiger charge is 2.12. The average Bonchev–Trinajstić information content (AvgIpc) is 2.67. The topological polar surface area (TPSA) is 63.2 Å². The van der Waals surface area contributed by atoms with Gasteiger partial charge in [0.25, 0.3) is 5.91 Å². The molecule has 0 radical (unpaired) electrons. The molecule has 3 aromatic rings. The molecule has 2 N–H and O–H groups in total. The third kappa shape index (κ3) is 4.68. The molecular formula is C23H25N3O2. The average molecular weight is 375 g/mol. The monoisotopic (exact) mass is 375 g/mol. The lowest BCUT2D eigenvalue weighted by Crippen LogP contribution is -2.15. The van der Waals surface area contributed by atoms with Crippen molar-refractivity contribution in [3.63, 3.8) is 0 Å². The molecule has 144 valence electrons. The summed E-state index contributed by atoms with van der Waals surface area (Å²) < 4.78 is 5.77. The molecule has 3 rings (SSSR count). The van der Waals surface area contributed by atoms with Crippen molar-refractivity contribution >= 4 is 23.0 Å². The van der Waals surface area contributed by atoms with Crippen molar-refractivity contribution in [1.29, 1.82) is 0 Å². The molecule has 0 aliphatic carbocycles. The number of rotatable bonds is 6. The first-order chi connectivity index (χ1) is 13.4. The molecule has 1 heterocycles. The Labute approximate surface area is 165 Å². The molecule has 0 spiro atoms. The minimum Gasteiger partial charge on any atom is -0.489 e. The van der Waals surface area contributed by atoms with Crippen LogP contribution in [0.1, 0.15) is 35.3 Å². The Hall–Kier alpha value is -3.34. The summed E-state index contributed by atoms with van der Waals surface area (Å²) in [5.74, 6) is 0.403. The van der Waals surface area contributed by atoms with Crippen LogP contribution in [0.2, 0.25) is 0 Å². The minimum atomic E-state index is -0.239. The number of aromatic nitrogens is 1. The van der Waals surface area contributed by atoms with Crippen LogP contribution >= 0.6 is 0 Å². The predicted octanol–water partition coefficient (Wildman–Crippen LogP) is 5.48. The lowest BCUT2D eigenvalue weighted by atomic mass is 10.1. The number of nitrogens with one attached hydrogen (secondary N) is 2. The summed E-state index contributed by atoms with van der Waals surface area (Å²) in [6, 6.07) is 15.3. The number of nitrogens with zero attached hydrogens (tertiary/aromatic N) is 1. The van der Waals surface area contributed by atoms with E-state index in [1.165, 1.54) is 5.56 Å². The summed E-state index contributed by atoms with van der Waals surface area (Å²) in [5, 5.41) is 6.25.